The molecule has 1 saturated carbocycles. The quantitative estimate of drug-likeness (QED) is 0.781. The summed E-state index contributed by atoms with van der Waals surface area (Å²) in [6, 6.07) is 8.28. The molecule has 1 aliphatic carbocycles. The molecule has 0 radical (unpaired) electrons. The zero-order valence-corrected chi connectivity index (χ0v) is 11.6. The fraction of sp³-hybridized carbons (Fsp3) is 0.500. The fourth-order valence-electron chi connectivity index (χ4n) is 4.36. The van der Waals surface area contributed by atoms with Gasteiger partial charge in [0, 0.05) is 23.9 Å². The summed E-state index contributed by atoms with van der Waals surface area (Å²) < 4.78 is 0. The van der Waals surface area contributed by atoms with Crippen LogP contribution in [-0.2, 0) is 0 Å². The highest BCUT2D eigenvalue weighted by Gasteiger charge is 2.56. The van der Waals surface area contributed by atoms with Crippen molar-refractivity contribution in [2.24, 2.45) is 10.8 Å². The second-order valence-electron chi connectivity index (χ2n) is 7.09. The van der Waals surface area contributed by atoms with Crippen LogP contribution in [-0.4, -0.2) is 23.1 Å². The molecule has 0 amide bonds. The highest BCUT2D eigenvalue weighted by molar-refractivity contribution is 5.89. The topological polar surface area (TPSA) is 29.0 Å². The molecule has 1 aliphatic heterocycles. The smallest absolute Gasteiger partial charge is 0.139 e. The van der Waals surface area contributed by atoms with Crippen LogP contribution in [0.25, 0.3) is 10.9 Å². The van der Waals surface area contributed by atoms with E-state index in [1.54, 1.807) is 6.33 Å². The molecular formula is C16H19N3. The van der Waals surface area contributed by atoms with Crippen molar-refractivity contribution < 1.29 is 0 Å². The number of rotatable bonds is 1. The number of nitrogens with zero attached hydrogens (tertiary/aromatic N) is 3. The molecule has 2 aromatic rings. The van der Waals surface area contributed by atoms with Crippen LogP contribution in [0.5, 0.6) is 0 Å². The Morgan fingerprint density at radius 1 is 1.05 bits per heavy atom. The Kier molecular flexibility index (Phi) is 2.05. The van der Waals surface area contributed by atoms with Crippen LogP contribution >= 0.6 is 0 Å². The van der Waals surface area contributed by atoms with Gasteiger partial charge < -0.3 is 4.90 Å². The number of anilines is 1. The van der Waals surface area contributed by atoms with Crippen LogP contribution < -0.4 is 4.90 Å². The van der Waals surface area contributed by atoms with E-state index in [1.165, 1.54) is 18.2 Å². The molecule has 2 aliphatic rings. The second-order valence-corrected chi connectivity index (χ2v) is 7.09. The minimum absolute atomic E-state index is 0.555. The lowest BCUT2D eigenvalue weighted by Gasteiger charge is -2.63. The first-order chi connectivity index (χ1) is 9.07. The van der Waals surface area contributed by atoms with Crippen molar-refractivity contribution in [1.82, 2.24) is 9.97 Å². The summed E-state index contributed by atoms with van der Waals surface area (Å²) in [4.78, 5) is 11.3. The summed E-state index contributed by atoms with van der Waals surface area (Å²) >= 11 is 0. The molecule has 1 spiro atoms. The standard InChI is InChI=1S/C16H19N3/c1-15(2)7-16(8-15)9-19(10-16)14-12-5-3-4-6-13(12)17-11-18-14/h3-6,11H,7-10H2,1-2H3. The van der Waals surface area contributed by atoms with Gasteiger partial charge in [-0.2, -0.15) is 0 Å². The zero-order chi connectivity index (χ0) is 13.1. The molecule has 1 aromatic heterocycles. The van der Waals surface area contributed by atoms with Gasteiger partial charge in [-0.25, -0.2) is 9.97 Å². The highest BCUT2D eigenvalue weighted by atomic mass is 15.3. The van der Waals surface area contributed by atoms with Crippen molar-refractivity contribution >= 4 is 16.7 Å². The van der Waals surface area contributed by atoms with Crippen molar-refractivity contribution in [3.8, 4) is 0 Å². The SMILES string of the molecule is CC1(C)CC2(CN(c3ncnc4ccccc34)C2)C1. The van der Waals surface area contributed by atoms with Crippen LogP contribution in [0.15, 0.2) is 30.6 Å². The zero-order valence-electron chi connectivity index (χ0n) is 11.6. The van der Waals surface area contributed by atoms with Gasteiger partial charge in [0.15, 0.2) is 0 Å². The van der Waals surface area contributed by atoms with Crippen LogP contribution in [0.1, 0.15) is 26.7 Å². The van der Waals surface area contributed by atoms with E-state index in [2.05, 4.69) is 46.9 Å². The average Bonchev–Trinajstić information content (AvgIpc) is 2.32. The van der Waals surface area contributed by atoms with Gasteiger partial charge in [0.05, 0.1) is 5.52 Å². The number of hydrogen-bond donors (Lipinski definition) is 0. The minimum Gasteiger partial charge on any atom is -0.355 e. The summed E-state index contributed by atoms with van der Waals surface area (Å²) in [5, 5.41) is 1.18. The Morgan fingerprint density at radius 3 is 2.53 bits per heavy atom. The van der Waals surface area contributed by atoms with Gasteiger partial charge in [-0.05, 0) is 30.4 Å². The van der Waals surface area contributed by atoms with Crippen molar-refractivity contribution in [2.45, 2.75) is 26.7 Å². The summed E-state index contributed by atoms with van der Waals surface area (Å²) in [5.74, 6) is 1.11. The molecule has 19 heavy (non-hydrogen) atoms. The number of hydrogen-bond acceptors (Lipinski definition) is 3. The Labute approximate surface area is 113 Å². The first kappa shape index (κ1) is 11.2. The molecule has 2 fully saturated rings. The molecule has 1 aromatic carbocycles. The third-order valence-electron chi connectivity index (χ3n) is 4.58. The molecular weight excluding hydrogens is 234 g/mol. The second kappa shape index (κ2) is 3.47. The highest BCUT2D eigenvalue weighted by Crippen LogP contribution is 2.59. The number of benzene rings is 1. The van der Waals surface area contributed by atoms with Crippen LogP contribution in [0, 0.1) is 10.8 Å². The maximum absolute atomic E-state index is 4.50. The molecule has 98 valence electrons. The first-order valence-electron chi connectivity index (χ1n) is 7.02. The largest absolute Gasteiger partial charge is 0.355 e. The van der Waals surface area contributed by atoms with Gasteiger partial charge in [0.1, 0.15) is 12.1 Å². The third kappa shape index (κ3) is 1.64. The monoisotopic (exact) mass is 253 g/mol. The Balaban J connectivity index is 1.61. The lowest BCUT2D eigenvalue weighted by molar-refractivity contribution is -0.0360. The van der Waals surface area contributed by atoms with E-state index in [0.29, 0.717) is 10.8 Å². The maximum Gasteiger partial charge on any atom is 0.139 e. The van der Waals surface area contributed by atoms with Gasteiger partial charge in [-0.1, -0.05) is 26.0 Å². The Morgan fingerprint density at radius 2 is 1.79 bits per heavy atom. The van der Waals surface area contributed by atoms with Gasteiger partial charge in [0.25, 0.3) is 0 Å². The van der Waals surface area contributed by atoms with E-state index in [-0.39, 0.29) is 0 Å². The van der Waals surface area contributed by atoms with E-state index in [0.717, 1.165) is 24.4 Å². The molecule has 1 saturated heterocycles. The molecule has 0 bridgehead atoms. The van der Waals surface area contributed by atoms with Crippen molar-refractivity contribution in [3.05, 3.63) is 30.6 Å². The predicted octanol–water partition coefficient (Wildman–Crippen LogP) is 3.26. The fourth-order valence-corrected chi connectivity index (χ4v) is 4.36. The lowest BCUT2D eigenvalue weighted by atomic mass is 9.51. The molecule has 0 N–H and O–H groups in total. The van der Waals surface area contributed by atoms with Crippen molar-refractivity contribution in [2.75, 3.05) is 18.0 Å². The molecule has 3 nitrogen and oxygen atoms in total. The predicted molar refractivity (Wildman–Crippen MR) is 77.2 cm³/mol. The number of para-hydroxylation sites is 1. The van der Waals surface area contributed by atoms with Crippen molar-refractivity contribution in [3.63, 3.8) is 0 Å². The third-order valence-corrected chi connectivity index (χ3v) is 4.58. The van der Waals surface area contributed by atoms with E-state index in [1.807, 2.05) is 6.07 Å². The molecule has 2 heterocycles. The lowest BCUT2D eigenvalue weighted by Crippen LogP contribution is -2.64. The number of fused-ring (bicyclic) bond motifs is 1. The number of aromatic nitrogens is 2. The van der Waals surface area contributed by atoms with Gasteiger partial charge >= 0.3 is 0 Å². The van der Waals surface area contributed by atoms with Crippen LogP contribution in [0.3, 0.4) is 0 Å². The van der Waals surface area contributed by atoms with Crippen molar-refractivity contribution in [1.29, 1.82) is 0 Å². The molecule has 3 heteroatoms. The molecule has 0 atom stereocenters. The summed E-state index contributed by atoms with van der Waals surface area (Å²) in [7, 11) is 0. The van der Waals surface area contributed by atoms with E-state index in [4.69, 9.17) is 0 Å². The van der Waals surface area contributed by atoms with E-state index < -0.39 is 0 Å². The summed E-state index contributed by atoms with van der Waals surface area (Å²) in [6.07, 6.45) is 4.41. The van der Waals surface area contributed by atoms with E-state index in [9.17, 15) is 0 Å². The van der Waals surface area contributed by atoms with Gasteiger partial charge in [0.2, 0.25) is 0 Å². The van der Waals surface area contributed by atoms with Gasteiger partial charge in [-0.3, -0.25) is 0 Å². The van der Waals surface area contributed by atoms with Crippen LogP contribution in [0.2, 0.25) is 0 Å². The average molecular weight is 253 g/mol. The molecule has 4 rings (SSSR count). The first-order valence-corrected chi connectivity index (χ1v) is 7.02. The Hall–Kier alpha value is -1.64. The summed E-state index contributed by atoms with van der Waals surface area (Å²) in [5.41, 5.74) is 2.18. The van der Waals surface area contributed by atoms with Gasteiger partial charge in [-0.15, -0.1) is 0 Å². The minimum atomic E-state index is 0.555. The summed E-state index contributed by atoms with van der Waals surface area (Å²) in [6.45, 7) is 7.08. The maximum atomic E-state index is 4.50. The normalized spacial score (nSPS) is 23.2. The Bertz CT molecular complexity index is 626. The van der Waals surface area contributed by atoms with Crippen LogP contribution in [0.4, 0.5) is 5.82 Å². The molecule has 0 unspecified atom stereocenters. The van der Waals surface area contributed by atoms with E-state index >= 15 is 0 Å².